The molecule has 148 valence electrons. The maximum atomic E-state index is 12.1. The third-order valence-corrected chi connectivity index (χ3v) is 4.99. The Morgan fingerprint density at radius 3 is 2.18 bits per heavy atom. The van der Waals surface area contributed by atoms with Gasteiger partial charge in [0.25, 0.3) is 10.0 Å². The molecule has 0 unspecified atom stereocenters. The Bertz CT molecular complexity index is 998. The number of sulfonamides is 1. The molecule has 0 saturated heterocycles. The molecule has 2 N–H and O–H groups in total. The van der Waals surface area contributed by atoms with E-state index in [1.54, 1.807) is 24.3 Å². The van der Waals surface area contributed by atoms with Crippen LogP contribution < -0.4 is 19.5 Å². The Balaban J connectivity index is 2.05. The van der Waals surface area contributed by atoms with Crippen LogP contribution in [-0.4, -0.2) is 34.5 Å². The van der Waals surface area contributed by atoms with Gasteiger partial charge in [-0.25, -0.2) is 13.1 Å². The van der Waals surface area contributed by atoms with Crippen molar-refractivity contribution in [2.45, 2.75) is 11.8 Å². The van der Waals surface area contributed by atoms with E-state index in [-0.39, 0.29) is 4.90 Å². The minimum atomic E-state index is -3.91. The first-order valence-electron chi connectivity index (χ1n) is 8.09. The van der Waals surface area contributed by atoms with Crippen LogP contribution in [0.2, 0.25) is 0 Å². The predicted octanol–water partition coefficient (Wildman–Crippen LogP) is 2.18. The maximum Gasteiger partial charge on any atom is 0.264 e. The molecule has 2 amide bonds. The number of methoxy groups -OCH3 is 2. The molecule has 0 fully saturated rings. The van der Waals surface area contributed by atoms with Crippen molar-refractivity contribution in [3.63, 3.8) is 0 Å². The van der Waals surface area contributed by atoms with Gasteiger partial charge in [-0.2, -0.15) is 0 Å². The number of benzene rings is 2. The molecule has 0 spiro atoms. The summed E-state index contributed by atoms with van der Waals surface area (Å²) in [6.45, 7) is 1.11. The second kappa shape index (κ2) is 9.05. The first-order chi connectivity index (χ1) is 13.2. The minimum Gasteiger partial charge on any atom is -0.493 e. The first-order valence-corrected chi connectivity index (χ1v) is 9.58. The smallest absolute Gasteiger partial charge is 0.264 e. The summed E-state index contributed by atoms with van der Waals surface area (Å²) < 4.78 is 36.0. The van der Waals surface area contributed by atoms with E-state index >= 15 is 0 Å². The Hall–Kier alpha value is -3.33. The van der Waals surface area contributed by atoms with Crippen LogP contribution in [0, 0.1) is 0 Å². The van der Waals surface area contributed by atoms with E-state index in [0.717, 1.165) is 12.5 Å². The quantitative estimate of drug-likeness (QED) is 0.685. The molecular weight excluding hydrogens is 384 g/mol. The number of hydrogen-bond donors (Lipinski definition) is 2. The van der Waals surface area contributed by atoms with E-state index in [1.807, 2.05) is 4.72 Å². The first kappa shape index (κ1) is 21.0. The average Bonchev–Trinajstić information content (AvgIpc) is 2.65. The summed E-state index contributed by atoms with van der Waals surface area (Å²) in [4.78, 5) is 22.9. The van der Waals surface area contributed by atoms with E-state index in [1.165, 1.54) is 44.6 Å². The lowest BCUT2D eigenvalue weighted by molar-refractivity contribution is -0.117. The zero-order valence-electron chi connectivity index (χ0n) is 15.6. The maximum absolute atomic E-state index is 12.1. The fraction of sp³-hybridized carbons (Fsp3) is 0.158. The minimum absolute atomic E-state index is 0.0819. The Morgan fingerprint density at radius 2 is 1.61 bits per heavy atom. The Morgan fingerprint density at radius 1 is 0.964 bits per heavy atom. The number of amides is 2. The van der Waals surface area contributed by atoms with Crippen molar-refractivity contribution in [3.8, 4) is 11.5 Å². The van der Waals surface area contributed by atoms with E-state index < -0.39 is 21.8 Å². The topological polar surface area (TPSA) is 111 Å². The van der Waals surface area contributed by atoms with Crippen LogP contribution in [-0.2, 0) is 19.6 Å². The number of anilines is 1. The summed E-state index contributed by atoms with van der Waals surface area (Å²) in [5, 5.41) is 2.62. The van der Waals surface area contributed by atoms with Gasteiger partial charge in [0.05, 0.1) is 19.1 Å². The van der Waals surface area contributed by atoms with Crippen LogP contribution in [0.25, 0.3) is 6.08 Å². The summed E-state index contributed by atoms with van der Waals surface area (Å²) in [5.74, 6) is 0.0457. The van der Waals surface area contributed by atoms with E-state index in [0.29, 0.717) is 17.2 Å². The molecule has 0 aliphatic heterocycles. The van der Waals surface area contributed by atoms with Gasteiger partial charge in [0.2, 0.25) is 11.8 Å². The van der Waals surface area contributed by atoms with Crippen LogP contribution in [0.5, 0.6) is 11.5 Å². The van der Waals surface area contributed by atoms with Gasteiger partial charge in [-0.15, -0.1) is 0 Å². The van der Waals surface area contributed by atoms with Crippen molar-refractivity contribution >= 4 is 33.6 Å². The summed E-state index contributed by atoms with van der Waals surface area (Å²) >= 11 is 0. The van der Waals surface area contributed by atoms with Crippen molar-refractivity contribution < 1.29 is 27.5 Å². The highest BCUT2D eigenvalue weighted by molar-refractivity contribution is 7.90. The number of hydrogen-bond acceptors (Lipinski definition) is 6. The van der Waals surface area contributed by atoms with Crippen LogP contribution in [0.4, 0.5) is 5.69 Å². The number of carbonyl (C=O) groups excluding carboxylic acids is 2. The lowest BCUT2D eigenvalue weighted by Gasteiger charge is -2.08. The molecule has 2 aromatic rings. The van der Waals surface area contributed by atoms with Crippen molar-refractivity contribution in [2.75, 3.05) is 19.5 Å². The second-order valence-electron chi connectivity index (χ2n) is 5.62. The standard InChI is InChI=1S/C19H20N2O6S/c1-13(22)21-28(24,25)16-8-6-15(7-9-16)20-19(23)11-5-14-4-10-17(26-2)18(12-14)27-3/h4-12H,1-3H3,(H,20,23)(H,21,22). The molecule has 9 heteroatoms. The van der Waals surface area contributed by atoms with E-state index in [4.69, 9.17) is 9.47 Å². The van der Waals surface area contributed by atoms with Gasteiger partial charge in [-0.05, 0) is 48.0 Å². The molecule has 2 aromatic carbocycles. The second-order valence-corrected chi connectivity index (χ2v) is 7.31. The average molecular weight is 404 g/mol. The largest absolute Gasteiger partial charge is 0.493 e. The van der Waals surface area contributed by atoms with Crippen molar-refractivity contribution in [1.82, 2.24) is 4.72 Å². The summed E-state index contributed by atoms with van der Waals surface area (Å²) in [5.41, 5.74) is 1.15. The predicted molar refractivity (Wildman–Crippen MR) is 105 cm³/mol. The molecule has 28 heavy (non-hydrogen) atoms. The SMILES string of the molecule is COc1ccc(C=CC(=O)Nc2ccc(S(=O)(=O)NC(C)=O)cc2)cc1OC. The molecule has 0 aliphatic rings. The summed E-state index contributed by atoms with van der Waals surface area (Å²) in [6, 6.07) is 10.7. The van der Waals surface area contributed by atoms with Crippen molar-refractivity contribution in [3.05, 3.63) is 54.1 Å². The molecule has 0 radical (unpaired) electrons. The van der Waals surface area contributed by atoms with Crippen molar-refractivity contribution in [1.29, 1.82) is 0 Å². The molecule has 0 aliphatic carbocycles. The number of ether oxygens (including phenoxy) is 2. The zero-order chi connectivity index (χ0) is 20.7. The highest BCUT2D eigenvalue weighted by Gasteiger charge is 2.15. The summed E-state index contributed by atoms with van der Waals surface area (Å²) in [6.07, 6.45) is 2.94. The van der Waals surface area contributed by atoms with E-state index in [2.05, 4.69) is 5.32 Å². The van der Waals surface area contributed by atoms with Gasteiger partial charge in [0.15, 0.2) is 11.5 Å². The van der Waals surface area contributed by atoms with Gasteiger partial charge in [0, 0.05) is 18.7 Å². The molecule has 2 rings (SSSR count). The normalized spacial score (nSPS) is 11.1. The number of carbonyl (C=O) groups is 2. The van der Waals surface area contributed by atoms with Gasteiger partial charge in [-0.1, -0.05) is 6.07 Å². The van der Waals surface area contributed by atoms with Gasteiger partial charge in [-0.3, -0.25) is 9.59 Å². The molecule has 0 aromatic heterocycles. The van der Waals surface area contributed by atoms with Gasteiger partial charge in [0.1, 0.15) is 0 Å². The third-order valence-electron chi connectivity index (χ3n) is 3.55. The highest BCUT2D eigenvalue weighted by atomic mass is 32.2. The fourth-order valence-electron chi connectivity index (χ4n) is 2.28. The molecular formula is C19H20N2O6S. The fourth-order valence-corrected chi connectivity index (χ4v) is 3.27. The molecule has 0 saturated carbocycles. The highest BCUT2D eigenvalue weighted by Crippen LogP contribution is 2.28. The molecule has 0 atom stereocenters. The number of rotatable bonds is 7. The van der Waals surface area contributed by atoms with Crippen LogP contribution >= 0.6 is 0 Å². The Kier molecular flexibility index (Phi) is 6.78. The van der Waals surface area contributed by atoms with Crippen LogP contribution in [0.15, 0.2) is 53.4 Å². The van der Waals surface area contributed by atoms with Crippen LogP contribution in [0.3, 0.4) is 0 Å². The molecule has 8 nitrogen and oxygen atoms in total. The zero-order valence-corrected chi connectivity index (χ0v) is 16.4. The summed E-state index contributed by atoms with van der Waals surface area (Å²) in [7, 11) is -0.855. The molecule has 0 heterocycles. The molecule has 0 bridgehead atoms. The monoisotopic (exact) mass is 404 g/mol. The van der Waals surface area contributed by atoms with Gasteiger partial charge < -0.3 is 14.8 Å². The lowest BCUT2D eigenvalue weighted by atomic mass is 10.2. The Labute approximate surface area is 163 Å². The lowest BCUT2D eigenvalue weighted by Crippen LogP contribution is -2.28. The number of nitrogens with one attached hydrogen (secondary N) is 2. The van der Waals surface area contributed by atoms with Crippen LogP contribution in [0.1, 0.15) is 12.5 Å². The van der Waals surface area contributed by atoms with Crippen molar-refractivity contribution in [2.24, 2.45) is 0 Å². The van der Waals surface area contributed by atoms with E-state index in [9.17, 15) is 18.0 Å². The van der Waals surface area contributed by atoms with Gasteiger partial charge >= 0.3 is 0 Å². The third kappa shape index (κ3) is 5.58.